The first kappa shape index (κ1) is 15.1. The predicted molar refractivity (Wildman–Crippen MR) is 76.2 cm³/mol. The highest BCUT2D eigenvalue weighted by Crippen LogP contribution is 2.31. The number of fused-ring (bicyclic) bond motifs is 1. The minimum absolute atomic E-state index is 0.244. The summed E-state index contributed by atoms with van der Waals surface area (Å²) in [7, 11) is 0. The third kappa shape index (κ3) is 2.63. The van der Waals surface area contributed by atoms with E-state index < -0.39 is 24.9 Å². The molecule has 1 aliphatic heterocycles. The van der Waals surface area contributed by atoms with Crippen LogP contribution < -0.4 is 5.73 Å². The Bertz CT molecular complexity index is 661. The molecule has 2 aromatic heterocycles. The molecule has 4 atom stereocenters. The molecule has 3 unspecified atom stereocenters. The lowest BCUT2D eigenvalue weighted by Gasteiger charge is -2.38. The van der Waals surface area contributed by atoms with Crippen LogP contribution in [-0.4, -0.2) is 48.4 Å². The van der Waals surface area contributed by atoms with Gasteiger partial charge in [0.15, 0.2) is 24.0 Å². The molecule has 22 heavy (non-hydrogen) atoms. The van der Waals surface area contributed by atoms with Crippen LogP contribution >= 0.6 is 0 Å². The fraction of sp³-hybridized carbons (Fsp3) is 0.615. The molecule has 3 rings (SSSR count). The number of imidazole rings is 1. The zero-order valence-electron chi connectivity index (χ0n) is 12.3. The van der Waals surface area contributed by atoms with Gasteiger partial charge in [0.05, 0.1) is 6.33 Å². The van der Waals surface area contributed by atoms with E-state index in [1.54, 1.807) is 0 Å². The van der Waals surface area contributed by atoms with Crippen molar-refractivity contribution in [1.29, 1.82) is 0 Å². The van der Waals surface area contributed by atoms with E-state index in [-0.39, 0.29) is 5.82 Å². The fourth-order valence-corrected chi connectivity index (χ4v) is 2.51. The third-order valence-corrected chi connectivity index (χ3v) is 3.52. The molecule has 0 bridgehead atoms. The maximum Gasteiger partial charge on any atom is 0.203 e. The van der Waals surface area contributed by atoms with Crippen LogP contribution in [0.25, 0.3) is 11.2 Å². The summed E-state index contributed by atoms with van der Waals surface area (Å²) in [6, 6.07) is 0. The molecular weight excluding hydrogens is 290 g/mol. The summed E-state index contributed by atoms with van der Waals surface area (Å²) in [5, 5.41) is 19.9. The van der Waals surface area contributed by atoms with Gasteiger partial charge in [-0.15, -0.1) is 0 Å². The molecule has 0 spiro atoms. The molecule has 9 heteroatoms. The predicted octanol–water partition coefficient (Wildman–Crippen LogP) is 0.00540. The number of rotatable bonds is 3. The number of anilines is 1. The Morgan fingerprint density at radius 1 is 1.23 bits per heavy atom. The van der Waals surface area contributed by atoms with Crippen LogP contribution in [0.3, 0.4) is 0 Å². The number of hydrogen-bond donors (Lipinski definition) is 3. The van der Waals surface area contributed by atoms with Crippen LogP contribution in [0, 0.1) is 5.92 Å². The SMILES string of the molecule is CC(C)C[C@H]1OC(n2cnc3c(N)ncnc32)C(O)OC1O. The number of aliphatic hydroxyl groups excluding tert-OH is 2. The highest BCUT2D eigenvalue weighted by atomic mass is 16.7. The number of hydrogen-bond acceptors (Lipinski definition) is 8. The summed E-state index contributed by atoms with van der Waals surface area (Å²) in [5.41, 5.74) is 6.60. The van der Waals surface area contributed by atoms with Gasteiger partial charge >= 0.3 is 0 Å². The molecule has 9 nitrogen and oxygen atoms in total. The van der Waals surface area contributed by atoms with Crippen molar-refractivity contribution in [3.8, 4) is 0 Å². The largest absolute Gasteiger partial charge is 0.382 e. The van der Waals surface area contributed by atoms with Crippen LogP contribution in [0.15, 0.2) is 12.7 Å². The normalized spacial score (nSPS) is 29.3. The van der Waals surface area contributed by atoms with E-state index in [1.165, 1.54) is 17.2 Å². The molecule has 4 N–H and O–H groups in total. The minimum Gasteiger partial charge on any atom is -0.382 e. The van der Waals surface area contributed by atoms with Crippen molar-refractivity contribution in [2.75, 3.05) is 5.73 Å². The zero-order valence-corrected chi connectivity index (χ0v) is 12.3. The van der Waals surface area contributed by atoms with Gasteiger partial charge in [-0.25, -0.2) is 15.0 Å². The Balaban J connectivity index is 1.93. The third-order valence-electron chi connectivity index (χ3n) is 3.52. The van der Waals surface area contributed by atoms with Gasteiger partial charge in [0.2, 0.25) is 6.29 Å². The lowest BCUT2D eigenvalue weighted by atomic mass is 10.0. The maximum atomic E-state index is 10.1. The first-order chi connectivity index (χ1) is 10.5. The highest BCUT2D eigenvalue weighted by Gasteiger charge is 2.39. The van der Waals surface area contributed by atoms with E-state index in [2.05, 4.69) is 15.0 Å². The van der Waals surface area contributed by atoms with E-state index in [4.69, 9.17) is 15.2 Å². The van der Waals surface area contributed by atoms with Gasteiger partial charge in [-0.1, -0.05) is 13.8 Å². The highest BCUT2D eigenvalue weighted by molar-refractivity contribution is 5.81. The Morgan fingerprint density at radius 3 is 2.73 bits per heavy atom. The smallest absolute Gasteiger partial charge is 0.203 e. The Labute approximate surface area is 126 Å². The number of aromatic nitrogens is 4. The first-order valence-corrected chi connectivity index (χ1v) is 7.07. The van der Waals surface area contributed by atoms with Crippen molar-refractivity contribution in [2.24, 2.45) is 5.92 Å². The molecule has 0 saturated carbocycles. The molecule has 0 amide bonds. The van der Waals surface area contributed by atoms with Crippen molar-refractivity contribution >= 4 is 17.0 Å². The lowest BCUT2D eigenvalue weighted by molar-refractivity contribution is -0.353. The van der Waals surface area contributed by atoms with Crippen molar-refractivity contribution in [3.05, 3.63) is 12.7 Å². The van der Waals surface area contributed by atoms with Crippen LogP contribution in [0.2, 0.25) is 0 Å². The number of nitrogen functional groups attached to an aromatic ring is 1. The second kappa shape index (κ2) is 5.76. The first-order valence-electron chi connectivity index (χ1n) is 7.07. The monoisotopic (exact) mass is 309 g/mol. The van der Waals surface area contributed by atoms with Gasteiger partial charge in [0.25, 0.3) is 0 Å². The number of ether oxygens (including phenoxy) is 2. The van der Waals surface area contributed by atoms with E-state index in [0.29, 0.717) is 23.5 Å². The summed E-state index contributed by atoms with van der Waals surface area (Å²) < 4.78 is 12.5. The minimum atomic E-state index is -1.34. The fourth-order valence-electron chi connectivity index (χ4n) is 2.51. The van der Waals surface area contributed by atoms with Crippen molar-refractivity contribution in [2.45, 2.75) is 45.2 Å². The summed E-state index contributed by atoms with van der Waals surface area (Å²) >= 11 is 0. The van der Waals surface area contributed by atoms with Crippen LogP contribution in [-0.2, 0) is 9.47 Å². The summed E-state index contributed by atoms with van der Waals surface area (Å²) in [6.45, 7) is 4.02. The van der Waals surface area contributed by atoms with Crippen molar-refractivity contribution < 1.29 is 19.7 Å². The number of aliphatic hydroxyl groups is 2. The van der Waals surface area contributed by atoms with Crippen molar-refractivity contribution in [1.82, 2.24) is 19.5 Å². The van der Waals surface area contributed by atoms with Crippen LogP contribution in [0.4, 0.5) is 5.82 Å². The van der Waals surface area contributed by atoms with E-state index >= 15 is 0 Å². The number of nitrogens with zero attached hydrogens (tertiary/aromatic N) is 4. The molecule has 1 fully saturated rings. The average molecular weight is 309 g/mol. The molecule has 0 aliphatic carbocycles. The molecule has 1 aliphatic rings. The topological polar surface area (TPSA) is 129 Å². The summed E-state index contributed by atoms with van der Waals surface area (Å²) in [5.74, 6) is 0.547. The van der Waals surface area contributed by atoms with Gasteiger partial charge in [0, 0.05) is 0 Å². The molecule has 1 saturated heterocycles. The van der Waals surface area contributed by atoms with Crippen LogP contribution in [0.1, 0.15) is 26.5 Å². The molecule has 120 valence electrons. The lowest BCUT2D eigenvalue weighted by Crippen LogP contribution is -2.47. The Morgan fingerprint density at radius 2 is 2.00 bits per heavy atom. The summed E-state index contributed by atoms with van der Waals surface area (Å²) in [6.07, 6.45) is -0.580. The maximum absolute atomic E-state index is 10.1. The summed E-state index contributed by atoms with van der Waals surface area (Å²) in [4.78, 5) is 12.1. The zero-order chi connectivity index (χ0) is 15.9. The second-order valence-corrected chi connectivity index (χ2v) is 5.69. The molecular formula is C13H19N5O4. The van der Waals surface area contributed by atoms with Gasteiger partial charge < -0.3 is 25.4 Å². The van der Waals surface area contributed by atoms with Crippen LogP contribution in [0.5, 0.6) is 0 Å². The van der Waals surface area contributed by atoms with Gasteiger partial charge in [-0.05, 0) is 12.3 Å². The van der Waals surface area contributed by atoms with Gasteiger partial charge in [-0.2, -0.15) is 0 Å². The molecule has 2 aromatic rings. The standard InChI is InChI=1S/C13H19N5O4/c1-6(2)3-7-12(19)22-13(20)11(21-7)18-5-17-8-9(14)15-4-16-10(8)18/h4-7,11-13,19-20H,3H2,1-2H3,(H2,14,15,16)/t7-,11?,12?,13?/m1/s1. The molecule has 0 aromatic carbocycles. The Hall–Kier alpha value is -1.81. The number of nitrogens with two attached hydrogens (primary N) is 1. The average Bonchev–Trinajstić information content (AvgIpc) is 2.87. The van der Waals surface area contributed by atoms with Crippen molar-refractivity contribution in [3.63, 3.8) is 0 Å². The van der Waals surface area contributed by atoms with Gasteiger partial charge in [-0.3, -0.25) is 4.57 Å². The van der Waals surface area contributed by atoms with E-state index in [9.17, 15) is 10.2 Å². The molecule has 3 heterocycles. The second-order valence-electron chi connectivity index (χ2n) is 5.69. The van der Waals surface area contributed by atoms with E-state index in [1.807, 2.05) is 13.8 Å². The van der Waals surface area contributed by atoms with E-state index in [0.717, 1.165) is 0 Å². The molecule has 0 radical (unpaired) electrons. The van der Waals surface area contributed by atoms with Gasteiger partial charge in [0.1, 0.15) is 17.9 Å². The quantitative estimate of drug-likeness (QED) is 0.723. The Kier molecular flexibility index (Phi) is 3.96.